The monoisotopic (exact) mass is 327 g/mol. The minimum Gasteiger partial charge on any atom is -0.478 e. The molecule has 2 aromatic carbocycles. The van der Waals surface area contributed by atoms with E-state index in [-0.39, 0.29) is 26.9 Å². The molecule has 1 amide bonds. The van der Waals surface area contributed by atoms with Crippen LogP contribution >= 0.6 is 23.2 Å². The molecule has 0 fully saturated rings. The molecule has 2 aromatic rings. The lowest BCUT2D eigenvalue weighted by Gasteiger charge is -2.10. The van der Waals surface area contributed by atoms with Crippen LogP contribution in [0.25, 0.3) is 0 Å². The van der Waals surface area contributed by atoms with Crippen LogP contribution in [-0.2, 0) is 0 Å². The van der Waals surface area contributed by atoms with Crippen molar-refractivity contribution in [2.45, 2.75) is 0 Å². The predicted octanol–water partition coefficient (Wildman–Crippen LogP) is 4.08. The van der Waals surface area contributed by atoms with Gasteiger partial charge in [-0.05, 0) is 24.3 Å². The Morgan fingerprint density at radius 3 is 2.19 bits per heavy atom. The van der Waals surface area contributed by atoms with Crippen LogP contribution in [-0.4, -0.2) is 17.0 Å². The second kappa shape index (κ2) is 6.11. The zero-order valence-corrected chi connectivity index (χ0v) is 11.9. The fraction of sp³-hybridized carbons (Fsp3) is 0. The minimum absolute atomic E-state index is 0.0246. The van der Waals surface area contributed by atoms with Crippen molar-refractivity contribution in [1.82, 2.24) is 0 Å². The molecule has 0 bridgehead atoms. The van der Waals surface area contributed by atoms with Gasteiger partial charge in [-0.1, -0.05) is 35.3 Å². The van der Waals surface area contributed by atoms with E-state index in [1.54, 1.807) is 0 Å². The highest BCUT2D eigenvalue weighted by Crippen LogP contribution is 2.32. The van der Waals surface area contributed by atoms with Gasteiger partial charge in [-0.2, -0.15) is 0 Å². The van der Waals surface area contributed by atoms with Crippen LogP contribution in [0.3, 0.4) is 0 Å². The minimum atomic E-state index is -1.20. The van der Waals surface area contributed by atoms with E-state index in [9.17, 15) is 14.0 Å². The van der Waals surface area contributed by atoms with Crippen LogP contribution in [0.2, 0.25) is 10.0 Å². The number of amides is 1. The maximum atomic E-state index is 13.5. The van der Waals surface area contributed by atoms with Crippen molar-refractivity contribution in [3.63, 3.8) is 0 Å². The molecule has 0 aromatic heterocycles. The molecule has 4 nitrogen and oxygen atoms in total. The van der Waals surface area contributed by atoms with E-state index < -0.39 is 17.7 Å². The van der Waals surface area contributed by atoms with Crippen LogP contribution in [0, 0.1) is 5.82 Å². The number of carboxylic acid groups (broad SMARTS) is 1. The number of hydrogen-bond acceptors (Lipinski definition) is 2. The average Bonchev–Trinajstić information content (AvgIpc) is 2.42. The first-order chi connectivity index (χ1) is 9.90. The number of halogens is 3. The Morgan fingerprint density at radius 2 is 1.67 bits per heavy atom. The van der Waals surface area contributed by atoms with E-state index in [0.717, 1.165) is 18.2 Å². The van der Waals surface area contributed by atoms with Crippen molar-refractivity contribution in [2.24, 2.45) is 0 Å². The Kier molecular flexibility index (Phi) is 4.45. The number of carboxylic acids is 1. The molecule has 0 unspecified atom stereocenters. The summed E-state index contributed by atoms with van der Waals surface area (Å²) in [5.74, 6) is -2.63. The lowest BCUT2D eigenvalue weighted by Crippen LogP contribution is -2.14. The van der Waals surface area contributed by atoms with E-state index >= 15 is 0 Å². The predicted molar refractivity (Wildman–Crippen MR) is 77.8 cm³/mol. The van der Waals surface area contributed by atoms with E-state index in [1.807, 2.05) is 0 Å². The van der Waals surface area contributed by atoms with Crippen molar-refractivity contribution in [2.75, 3.05) is 5.32 Å². The first kappa shape index (κ1) is 15.3. The molecule has 0 radical (unpaired) electrons. The van der Waals surface area contributed by atoms with Gasteiger partial charge in [-0.3, -0.25) is 4.79 Å². The molecule has 0 spiro atoms. The fourth-order valence-electron chi connectivity index (χ4n) is 1.64. The van der Waals surface area contributed by atoms with Crippen molar-refractivity contribution in [1.29, 1.82) is 0 Å². The lowest BCUT2D eigenvalue weighted by atomic mass is 10.1. The molecule has 2 rings (SSSR count). The van der Waals surface area contributed by atoms with Gasteiger partial charge >= 0.3 is 5.97 Å². The molecule has 2 N–H and O–H groups in total. The Morgan fingerprint density at radius 1 is 1.10 bits per heavy atom. The third-order valence-corrected chi connectivity index (χ3v) is 3.24. The normalized spacial score (nSPS) is 10.2. The molecule has 0 heterocycles. The van der Waals surface area contributed by atoms with E-state index in [1.165, 1.54) is 18.2 Å². The molecule has 0 aliphatic carbocycles. The second-order valence-electron chi connectivity index (χ2n) is 4.05. The van der Waals surface area contributed by atoms with E-state index in [2.05, 4.69) is 5.32 Å². The SMILES string of the molecule is O=C(O)c1cc(Cl)c(NC(=O)c2ccccc2F)c(Cl)c1. The Bertz CT molecular complexity index is 711. The molecule has 21 heavy (non-hydrogen) atoms. The smallest absolute Gasteiger partial charge is 0.335 e. The Hall–Kier alpha value is -2.11. The number of aromatic carboxylic acids is 1. The summed E-state index contributed by atoms with van der Waals surface area (Å²) >= 11 is 11.8. The molecule has 0 atom stereocenters. The van der Waals surface area contributed by atoms with Crippen molar-refractivity contribution in [3.8, 4) is 0 Å². The van der Waals surface area contributed by atoms with Crippen LogP contribution < -0.4 is 5.32 Å². The number of carbonyl (C=O) groups is 2. The fourth-order valence-corrected chi connectivity index (χ4v) is 2.22. The van der Waals surface area contributed by atoms with E-state index in [0.29, 0.717) is 0 Å². The van der Waals surface area contributed by atoms with Gasteiger partial charge < -0.3 is 10.4 Å². The second-order valence-corrected chi connectivity index (χ2v) is 4.87. The maximum absolute atomic E-state index is 13.5. The van der Waals surface area contributed by atoms with Crippen LogP contribution in [0.4, 0.5) is 10.1 Å². The molecule has 0 saturated heterocycles. The number of nitrogens with one attached hydrogen (secondary N) is 1. The molecule has 0 saturated carbocycles. The molecular formula is C14H8Cl2FNO3. The number of rotatable bonds is 3. The molecule has 108 valence electrons. The van der Waals surface area contributed by atoms with Crippen molar-refractivity contribution in [3.05, 3.63) is 63.4 Å². The summed E-state index contributed by atoms with van der Waals surface area (Å²) in [5, 5.41) is 11.1. The third kappa shape index (κ3) is 3.32. The van der Waals surface area contributed by atoms with Gasteiger partial charge in [-0.25, -0.2) is 9.18 Å². The standard InChI is InChI=1S/C14H8Cl2FNO3/c15-9-5-7(14(20)21)6-10(16)12(9)18-13(19)8-3-1-2-4-11(8)17/h1-6H,(H,18,19)(H,20,21). The largest absolute Gasteiger partial charge is 0.478 e. The first-order valence-electron chi connectivity index (χ1n) is 5.68. The summed E-state index contributed by atoms with van der Waals surface area (Å²) in [6, 6.07) is 7.70. The summed E-state index contributed by atoms with van der Waals surface area (Å²) in [7, 11) is 0. The summed E-state index contributed by atoms with van der Waals surface area (Å²) in [6.07, 6.45) is 0. The maximum Gasteiger partial charge on any atom is 0.335 e. The topological polar surface area (TPSA) is 66.4 Å². The Balaban J connectivity index is 2.34. The van der Waals surface area contributed by atoms with Gasteiger partial charge in [0.05, 0.1) is 26.9 Å². The molecule has 0 aliphatic heterocycles. The zero-order valence-electron chi connectivity index (χ0n) is 10.4. The summed E-state index contributed by atoms with van der Waals surface area (Å²) < 4.78 is 13.5. The highest BCUT2D eigenvalue weighted by molar-refractivity contribution is 6.40. The number of benzene rings is 2. The highest BCUT2D eigenvalue weighted by atomic mass is 35.5. The van der Waals surface area contributed by atoms with Gasteiger partial charge in [0.1, 0.15) is 5.82 Å². The van der Waals surface area contributed by atoms with Crippen LogP contribution in [0.1, 0.15) is 20.7 Å². The summed E-state index contributed by atoms with van der Waals surface area (Å²) in [4.78, 5) is 22.8. The molecule has 0 aliphatic rings. The molecule has 7 heteroatoms. The van der Waals surface area contributed by atoms with Gasteiger partial charge in [0.25, 0.3) is 5.91 Å². The zero-order chi connectivity index (χ0) is 15.6. The van der Waals surface area contributed by atoms with Gasteiger partial charge in [0.2, 0.25) is 0 Å². The number of carbonyl (C=O) groups excluding carboxylic acids is 1. The number of hydrogen-bond donors (Lipinski definition) is 2. The Labute approximate surface area is 129 Å². The number of anilines is 1. The lowest BCUT2D eigenvalue weighted by molar-refractivity contribution is 0.0696. The van der Waals surface area contributed by atoms with Crippen LogP contribution in [0.5, 0.6) is 0 Å². The average molecular weight is 328 g/mol. The van der Waals surface area contributed by atoms with Crippen molar-refractivity contribution < 1.29 is 19.1 Å². The third-order valence-electron chi connectivity index (χ3n) is 2.65. The summed E-state index contributed by atoms with van der Waals surface area (Å²) in [6.45, 7) is 0. The van der Waals surface area contributed by atoms with Crippen LogP contribution in [0.15, 0.2) is 36.4 Å². The summed E-state index contributed by atoms with van der Waals surface area (Å²) in [5.41, 5.74) is -0.266. The quantitative estimate of drug-likeness (QED) is 0.892. The highest BCUT2D eigenvalue weighted by Gasteiger charge is 2.17. The molecular weight excluding hydrogens is 320 g/mol. The van der Waals surface area contributed by atoms with Gasteiger partial charge in [0, 0.05) is 0 Å². The van der Waals surface area contributed by atoms with Gasteiger partial charge in [0.15, 0.2) is 0 Å². The van der Waals surface area contributed by atoms with Gasteiger partial charge in [-0.15, -0.1) is 0 Å². The van der Waals surface area contributed by atoms with E-state index in [4.69, 9.17) is 28.3 Å². The first-order valence-corrected chi connectivity index (χ1v) is 6.44. The van der Waals surface area contributed by atoms with Crippen molar-refractivity contribution >= 4 is 40.8 Å².